The number of allylic oxidation sites excluding steroid dienone is 2. The maximum Gasteiger partial charge on any atom is 0.192 e. The minimum Gasteiger partial charge on any atom is -0.410 e. The first-order valence-corrected chi connectivity index (χ1v) is 13.0. The Morgan fingerprint density at radius 1 is 1.38 bits per heavy atom. The van der Waals surface area contributed by atoms with Crippen LogP contribution in [0, 0.1) is 0 Å². The fourth-order valence-electron chi connectivity index (χ4n) is 2.06. The molecule has 0 fully saturated rings. The first kappa shape index (κ1) is 23.0. The Kier molecular flexibility index (Phi) is 8.67. The van der Waals surface area contributed by atoms with Crippen LogP contribution in [0.15, 0.2) is 35.3 Å². The number of aliphatic hydroxyl groups excluding tert-OH is 1. The van der Waals surface area contributed by atoms with E-state index in [1.54, 1.807) is 11.3 Å². The van der Waals surface area contributed by atoms with Crippen LogP contribution < -0.4 is 0 Å². The maximum absolute atomic E-state index is 10.3. The van der Waals surface area contributed by atoms with Crippen LogP contribution in [-0.2, 0) is 11.0 Å². The highest BCUT2D eigenvalue weighted by Crippen LogP contribution is 2.37. The molecule has 0 bridgehead atoms. The van der Waals surface area contributed by atoms with Gasteiger partial charge < -0.3 is 9.53 Å². The first-order chi connectivity index (χ1) is 12.0. The molecule has 1 aromatic heterocycles. The minimum absolute atomic E-state index is 0.199. The number of hydrogen-bond acceptors (Lipinski definition) is 4. The van der Waals surface area contributed by atoms with E-state index in [0.29, 0.717) is 13.0 Å². The normalized spacial score (nSPS) is 15.2. The monoisotopic (exact) mass is 393 g/mol. The summed E-state index contributed by atoms with van der Waals surface area (Å²) in [6.45, 7) is 19.5. The average molecular weight is 394 g/mol. The second-order valence-corrected chi connectivity index (χ2v) is 14.2. The average Bonchev–Trinajstić information content (AvgIpc) is 2.97. The second-order valence-electron chi connectivity index (χ2n) is 8.40. The van der Waals surface area contributed by atoms with E-state index < -0.39 is 14.4 Å². The summed E-state index contributed by atoms with van der Waals surface area (Å²) in [6.07, 6.45) is 6.91. The standard InChI is InChI=1S/C21H35NO2SSi/c1-9-10-16(2)11-12-19(23)17(3)13-18-15-25-20(22-18)14-24-26(7,8)21(4,5)6/h9,11,13,15,19,23H,1,10,12,14H2,2-8H3/b16-11-,17-13+/t19-/m0/s1. The van der Waals surface area contributed by atoms with Gasteiger partial charge in [-0.3, -0.25) is 0 Å². The van der Waals surface area contributed by atoms with Gasteiger partial charge in [0.15, 0.2) is 8.32 Å². The first-order valence-electron chi connectivity index (χ1n) is 9.17. The molecular formula is C21H35NO2SSi. The molecule has 1 aromatic rings. The fourth-order valence-corrected chi connectivity index (χ4v) is 3.75. The lowest BCUT2D eigenvalue weighted by molar-refractivity contribution is 0.215. The molecule has 1 N–H and O–H groups in total. The van der Waals surface area contributed by atoms with Crippen molar-refractivity contribution in [2.45, 2.75) is 78.3 Å². The molecule has 5 heteroatoms. The zero-order chi connectivity index (χ0) is 20.0. The van der Waals surface area contributed by atoms with Gasteiger partial charge in [0.1, 0.15) is 5.01 Å². The summed E-state index contributed by atoms with van der Waals surface area (Å²) in [5.41, 5.74) is 3.05. The Hall–Kier alpha value is -1.01. The highest BCUT2D eigenvalue weighted by atomic mass is 32.1. The third kappa shape index (κ3) is 7.31. The summed E-state index contributed by atoms with van der Waals surface area (Å²) in [5, 5.41) is 13.5. The third-order valence-electron chi connectivity index (χ3n) is 4.99. The van der Waals surface area contributed by atoms with Crippen molar-refractivity contribution in [1.29, 1.82) is 0 Å². The zero-order valence-electron chi connectivity index (χ0n) is 17.4. The van der Waals surface area contributed by atoms with Crippen molar-refractivity contribution in [3.63, 3.8) is 0 Å². The largest absolute Gasteiger partial charge is 0.410 e. The Balaban J connectivity index is 2.67. The van der Waals surface area contributed by atoms with E-state index in [0.717, 1.165) is 22.7 Å². The van der Waals surface area contributed by atoms with Crippen LogP contribution in [0.25, 0.3) is 6.08 Å². The smallest absolute Gasteiger partial charge is 0.192 e. The number of rotatable bonds is 9. The van der Waals surface area contributed by atoms with Gasteiger partial charge in [-0.1, -0.05) is 38.5 Å². The summed E-state index contributed by atoms with van der Waals surface area (Å²) in [7, 11) is -1.76. The Bertz CT molecular complexity index is 653. The number of aromatic nitrogens is 1. The SMILES string of the molecule is C=CC/C(C)=C\C[C@H](O)/C(C)=C/c1csc(CO[Si](C)(C)C(C)(C)C)n1. The van der Waals surface area contributed by atoms with E-state index >= 15 is 0 Å². The maximum atomic E-state index is 10.3. The number of thiazole rings is 1. The van der Waals surface area contributed by atoms with E-state index in [1.165, 1.54) is 5.57 Å². The summed E-state index contributed by atoms with van der Waals surface area (Å²) < 4.78 is 6.23. The van der Waals surface area contributed by atoms with E-state index in [2.05, 4.69) is 58.4 Å². The molecule has 0 saturated heterocycles. The molecule has 1 heterocycles. The summed E-state index contributed by atoms with van der Waals surface area (Å²) in [4.78, 5) is 4.64. The minimum atomic E-state index is -1.76. The predicted octanol–water partition coefficient (Wildman–Crippen LogP) is 6.34. The van der Waals surface area contributed by atoms with Crippen molar-refractivity contribution in [2.75, 3.05) is 0 Å². The molecule has 3 nitrogen and oxygen atoms in total. The van der Waals surface area contributed by atoms with Gasteiger partial charge >= 0.3 is 0 Å². The van der Waals surface area contributed by atoms with Gasteiger partial charge in [0.2, 0.25) is 0 Å². The van der Waals surface area contributed by atoms with Gasteiger partial charge in [-0.2, -0.15) is 0 Å². The summed E-state index contributed by atoms with van der Waals surface area (Å²) in [6, 6.07) is 0. The lowest BCUT2D eigenvalue weighted by Gasteiger charge is -2.35. The number of nitrogens with zero attached hydrogens (tertiary/aromatic N) is 1. The predicted molar refractivity (Wildman–Crippen MR) is 117 cm³/mol. The molecule has 0 aromatic carbocycles. The molecule has 0 unspecified atom stereocenters. The van der Waals surface area contributed by atoms with Crippen molar-refractivity contribution >= 4 is 25.7 Å². The van der Waals surface area contributed by atoms with Gasteiger partial charge in [0.25, 0.3) is 0 Å². The molecule has 0 saturated carbocycles. The van der Waals surface area contributed by atoms with Gasteiger partial charge in [-0.25, -0.2) is 4.98 Å². The van der Waals surface area contributed by atoms with Crippen LogP contribution in [-0.4, -0.2) is 24.5 Å². The highest BCUT2D eigenvalue weighted by molar-refractivity contribution is 7.09. The lowest BCUT2D eigenvalue weighted by atomic mass is 10.0. The van der Waals surface area contributed by atoms with Crippen LogP contribution in [0.5, 0.6) is 0 Å². The van der Waals surface area contributed by atoms with E-state index in [1.807, 2.05) is 24.5 Å². The van der Waals surface area contributed by atoms with Crippen molar-refractivity contribution in [2.24, 2.45) is 0 Å². The van der Waals surface area contributed by atoms with Gasteiger partial charge in [-0.05, 0) is 56.5 Å². The molecule has 0 radical (unpaired) electrons. The van der Waals surface area contributed by atoms with Gasteiger partial charge in [0, 0.05) is 5.38 Å². The second kappa shape index (κ2) is 9.79. The van der Waals surface area contributed by atoms with Crippen molar-refractivity contribution in [3.05, 3.63) is 46.0 Å². The van der Waals surface area contributed by atoms with Crippen molar-refractivity contribution in [3.8, 4) is 0 Å². The Labute approximate surface area is 164 Å². The molecule has 0 spiro atoms. The van der Waals surface area contributed by atoms with Crippen LogP contribution >= 0.6 is 11.3 Å². The fraction of sp³-hybridized carbons (Fsp3) is 0.571. The van der Waals surface area contributed by atoms with E-state index in [-0.39, 0.29) is 5.04 Å². The molecule has 0 amide bonds. The number of aliphatic hydroxyl groups is 1. The summed E-state index contributed by atoms with van der Waals surface area (Å²) in [5.74, 6) is 0. The zero-order valence-corrected chi connectivity index (χ0v) is 19.2. The topological polar surface area (TPSA) is 42.4 Å². The highest BCUT2D eigenvalue weighted by Gasteiger charge is 2.37. The van der Waals surface area contributed by atoms with Crippen LogP contribution in [0.3, 0.4) is 0 Å². The van der Waals surface area contributed by atoms with Crippen LogP contribution in [0.1, 0.15) is 58.2 Å². The Morgan fingerprint density at radius 3 is 2.62 bits per heavy atom. The lowest BCUT2D eigenvalue weighted by Crippen LogP contribution is -2.40. The van der Waals surface area contributed by atoms with Crippen molar-refractivity contribution in [1.82, 2.24) is 4.98 Å². The van der Waals surface area contributed by atoms with E-state index in [4.69, 9.17) is 4.43 Å². The van der Waals surface area contributed by atoms with Gasteiger partial charge in [0.05, 0.1) is 18.4 Å². The van der Waals surface area contributed by atoms with E-state index in [9.17, 15) is 5.11 Å². The molecule has 1 rings (SSSR count). The van der Waals surface area contributed by atoms with Gasteiger partial charge in [-0.15, -0.1) is 17.9 Å². The number of hydrogen-bond donors (Lipinski definition) is 1. The van der Waals surface area contributed by atoms with Crippen LogP contribution in [0.4, 0.5) is 0 Å². The molecule has 0 aliphatic carbocycles. The van der Waals surface area contributed by atoms with Crippen molar-refractivity contribution < 1.29 is 9.53 Å². The molecule has 26 heavy (non-hydrogen) atoms. The molecular weight excluding hydrogens is 358 g/mol. The summed E-state index contributed by atoms with van der Waals surface area (Å²) >= 11 is 1.62. The molecule has 0 aliphatic rings. The molecule has 0 aliphatic heterocycles. The third-order valence-corrected chi connectivity index (χ3v) is 10.3. The molecule has 1 atom stereocenters. The molecule has 146 valence electrons. The quantitative estimate of drug-likeness (QED) is 0.393. The van der Waals surface area contributed by atoms with Crippen LogP contribution in [0.2, 0.25) is 18.1 Å². The Morgan fingerprint density at radius 2 is 2.04 bits per heavy atom.